The number of carbonyl (C=O) groups is 1. The Morgan fingerprint density at radius 1 is 1.29 bits per heavy atom. The van der Waals surface area contributed by atoms with Crippen LogP contribution in [0.2, 0.25) is 0 Å². The van der Waals surface area contributed by atoms with Crippen LogP contribution in [0.1, 0.15) is 41.4 Å². The number of aromatic nitrogens is 2. The summed E-state index contributed by atoms with van der Waals surface area (Å²) >= 11 is 0. The number of benzene rings is 1. The molecule has 124 valence electrons. The first kappa shape index (κ1) is 15.1. The third-order valence-corrected chi connectivity index (χ3v) is 5.24. The molecule has 1 saturated carbocycles. The van der Waals surface area contributed by atoms with Gasteiger partial charge in [-0.05, 0) is 30.5 Å². The van der Waals surface area contributed by atoms with Gasteiger partial charge in [0.05, 0.1) is 13.2 Å². The van der Waals surface area contributed by atoms with Crippen LogP contribution in [-0.2, 0) is 0 Å². The molecule has 1 aromatic carbocycles. The van der Waals surface area contributed by atoms with Gasteiger partial charge in [0.15, 0.2) is 0 Å². The predicted molar refractivity (Wildman–Crippen MR) is 85.0 cm³/mol. The van der Waals surface area contributed by atoms with Gasteiger partial charge in [0.25, 0.3) is 5.91 Å². The Morgan fingerprint density at radius 2 is 2.04 bits per heavy atom. The molecule has 2 aliphatic rings. The van der Waals surface area contributed by atoms with Gasteiger partial charge in [0.2, 0.25) is 5.88 Å². The first-order valence-corrected chi connectivity index (χ1v) is 8.05. The maximum atomic E-state index is 13.3. The summed E-state index contributed by atoms with van der Waals surface area (Å²) in [6.45, 7) is 0.722. The number of hydrogen-bond donors (Lipinski definition) is 0. The maximum Gasteiger partial charge on any atom is 0.273 e. The van der Waals surface area contributed by atoms with Crippen molar-refractivity contribution in [1.82, 2.24) is 14.9 Å². The second kappa shape index (κ2) is 5.54. The molecule has 1 aliphatic carbocycles. The minimum Gasteiger partial charge on any atom is -0.481 e. The standard InChI is InChI=1S/C18H18FN3O2/c1-24-15-9-14(20-11-21-15)17(23)22-10-18(7-2-8-18)16(22)12-3-5-13(19)6-4-12/h3-6,9,11,16H,2,7-8,10H2,1H3. The summed E-state index contributed by atoms with van der Waals surface area (Å²) in [5.74, 6) is -0.0349. The highest BCUT2D eigenvalue weighted by atomic mass is 19.1. The van der Waals surface area contributed by atoms with E-state index in [1.54, 1.807) is 18.2 Å². The number of ether oxygens (including phenoxy) is 1. The fourth-order valence-electron chi connectivity index (χ4n) is 3.88. The van der Waals surface area contributed by atoms with Crippen LogP contribution in [0.3, 0.4) is 0 Å². The molecule has 1 spiro atoms. The zero-order chi connectivity index (χ0) is 16.7. The largest absolute Gasteiger partial charge is 0.481 e. The smallest absolute Gasteiger partial charge is 0.273 e. The summed E-state index contributed by atoms with van der Waals surface area (Å²) < 4.78 is 18.3. The Kier molecular flexibility index (Phi) is 3.48. The third kappa shape index (κ3) is 2.25. The second-order valence-corrected chi connectivity index (χ2v) is 6.55. The van der Waals surface area contributed by atoms with Crippen LogP contribution in [0.4, 0.5) is 4.39 Å². The lowest BCUT2D eigenvalue weighted by Crippen LogP contribution is -2.63. The van der Waals surface area contributed by atoms with E-state index in [0.29, 0.717) is 11.6 Å². The molecular weight excluding hydrogens is 309 g/mol. The Hall–Kier alpha value is -2.50. The number of likely N-dealkylation sites (tertiary alicyclic amines) is 1. The van der Waals surface area contributed by atoms with Gasteiger partial charge in [-0.15, -0.1) is 0 Å². The number of hydrogen-bond acceptors (Lipinski definition) is 4. The normalized spacial score (nSPS) is 21.1. The van der Waals surface area contributed by atoms with Crippen LogP contribution < -0.4 is 4.74 Å². The van der Waals surface area contributed by atoms with Crippen LogP contribution in [0.5, 0.6) is 5.88 Å². The van der Waals surface area contributed by atoms with Crippen molar-refractivity contribution in [3.8, 4) is 5.88 Å². The summed E-state index contributed by atoms with van der Waals surface area (Å²) in [5.41, 5.74) is 1.45. The molecule has 1 aliphatic heterocycles. The summed E-state index contributed by atoms with van der Waals surface area (Å²) in [5, 5.41) is 0. The Balaban J connectivity index is 1.64. The third-order valence-electron chi connectivity index (χ3n) is 5.24. The van der Waals surface area contributed by atoms with Crippen LogP contribution >= 0.6 is 0 Å². The molecule has 1 aromatic heterocycles. The highest BCUT2D eigenvalue weighted by molar-refractivity contribution is 5.93. The van der Waals surface area contributed by atoms with Crippen molar-refractivity contribution in [3.05, 3.63) is 53.7 Å². The summed E-state index contributed by atoms with van der Waals surface area (Å²) in [7, 11) is 1.50. The number of amides is 1. The zero-order valence-electron chi connectivity index (χ0n) is 13.4. The fourth-order valence-corrected chi connectivity index (χ4v) is 3.88. The van der Waals surface area contributed by atoms with Gasteiger partial charge in [-0.1, -0.05) is 18.6 Å². The molecule has 1 atom stereocenters. The predicted octanol–water partition coefficient (Wildman–Crippen LogP) is 2.99. The van der Waals surface area contributed by atoms with Crippen molar-refractivity contribution < 1.29 is 13.9 Å². The number of rotatable bonds is 3. The molecule has 1 amide bonds. The van der Waals surface area contributed by atoms with Gasteiger partial charge in [0, 0.05) is 18.0 Å². The van der Waals surface area contributed by atoms with Crippen molar-refractivity contribution in [2.75, 3.05) is 13.7 Å². The molecular formula is C18H18FN3O2. The van der Waals surface area contributed by atoms with E-state index >= 15 is 0 Å². The monoisotopic (exact) mass is 327 g/mol. The van der Waals surface area contributed by atoms with E-state index in [1.165, 1.54) is 32.0 Å². The minimum absolute atomic E-state index is 0.0136. The van der Waals surface area contributed by atoms with Gasteiger partial charge in [0.1, 0.15) is 17.8 Å². The highest BCUT2D eigenvalue weighted by Crippen LogP contribution is 2.60. The second-order valence-electron chi connectivity index (χ2n) is 6.55. The maximum absolute atomic E-state index is 13.3. The van der Waals surface area contributed by atoms with Crippen LogP contribution in [0.15, 0.2) is 36.7 Å². The molecule has 1 unspecified atom stereocenters. The van der Waals surface area contributed by atoms with E-state index in [4.69, 9.17) is 4.74 Å². The van der Waals surface area contributed by atoms with Crippen molar-refractivity contribution in [3.63, 3.8) is 0 Å². The lowest BCUT2D eigenvalue weighted by Gasteiger charge is -2.62. The minimum atomic E-state index is -0.265. The molecule has 4 rings (SSSR count). The van der Waals surface area contributed by atoms with Crippen LogP contribution in [-0.4, -0.2) is 34.4 Å². The average molecular weight is 327 g/mol. The van der Waals surface area contributed by atoms with E-state index in [0.717, 1.165) is 24.9 Å². The fraction of sp³-hybridized carbons (Fsp3) is 0.389. The first-order chi connectivity index (χ1) is 11.6. The average Bonchev–Trinajstić information content (AvgIpc) is 2.54. The number of halogens is 1. The molecule has 6 heteroatoms. The highest BCUT2D eigenvalue weighted by Gasteiger charge is 2.58. The molecule has 2 aromatic rings. The van der Waals surface area contributed by atoms with Crippen molar-refractivity contribution in [2.24, 2.45) is 5.41 Å². The van der Waals surface area contributed by atoms with Crippen LogP contribution in [0, 0.1) is 11.2 Å². The van der Waals surface area contributed by atoms with Crippen molar-refractivity contribution in [2.45, 2.75) is 25.3 Å². The van der Waals surface area contributed by atoms with Gasteiger partial charge in [-0.2, -0.15) is 0 Å². The molecule has 0 radical (unpaired) electrons. The Morgan fingerprint density at radius 3 is 2.67 bits per heavy atom. The topological polar surface area (TPSA) is 55.3 Å². The van der Waals surface area contributed by atoms with E-state index in [-0.39, 0.29) is 23.2 Å². The molecule has 2 fully saturated rings. The van der Waals surface area contributed by atoms with Crippen LogP contribution in [0.25, 0.3) is 0 Å². The number of carbonyl (C=O) groups excluding carboxylic acids is 1. The molecule has 5 nitrogen and oxygen atoms in total. The summed E-state index contributed by atoms with van der Waals surface area (Å²) in [6.07, 6.45) is 4.72. The lowest BCUT2D eigenvalue weighted by atomic mass is 9.56. The molecule has 24 heavy (non-hydrogen) atoms. The number of nitrogens with zero attached hydrogens (tertiary/aromatic N) is 3. The van der Waals surface area contributed by atoms with Crippen molar-refractivity contribution in [1.29, 1.82) is 0 Å². The van der Waals surface area contributed by atoms with Gasteiger partial charge in [-0.25, -0.2) is 14.4 Å². The zero-order valence-corrected chi connectivity index (χ0v) is 13.4. The summed E-state index contributed by atoms with van der Waals surface area (Å²) in [6, 6.07) is 8.00. The van der Waals surface area contributed by atoms with E-state index in [2.05, 4.69) is 9.97 Å². The Bertz CT molecular complexity index is 774. The summed E-state index contributed by atoms with van der Waals surface area (Å²) in [4.78, 5) is 22.7. The molecule has 2 heterocycles. The van der Waals surface area contributed by atoms with E-state index in [1.807, 2.05) is 4.90 Å². The Labute approximate surface area is 139 Å². The van der Waals surface area contributed by atoms with Gasteiger partial charge >= 0.3 is 0 Å². The van der Waals surface area contributed by atoms with E-state index in [9.17, 15) is 9.18 Å². The molecule has 0 bridgehead atoms. The van der Waals surface area contributed by atoms with Gasteiger partial charge in [-0.3, -0.25) is 4.79 Å². The lowest BCUT2D eigenvalue weighted by molar-refractivity contribution is -0.105. The quantitative estimate of drug-likeness (QED) is 0.870. The van der Waals surface area contributed by atoms with Crippen molar-refractivity contribution >= 4 is 5.91 Å². The SMILES string of the molecule is COc1cc(C(=O)N2CC3(CCC3)C2c2ccc(F)cc2)ncn1. The van der Waals surface area contributed by atoms with Gasteiger partial charge < -0.3 is 9.64 Å². The number of methoxy groups -OCH3 is 1. The molecule has 1 saturated heterocycles. The van der Waals surface area contributed by atoms with E-state index < -0.39 is 0 Å². The first-order valence-electron chi connectivity index (χ1n) is 8.05. The molecule has 0 N–H and O–H groups in total.